The van der Waals surface area contributed by atoms with E-state index in [0.29, 0.717) is 6.54 Å². The monoisotopic (exact) mass is 288 g/mol. The van der Waals surface area contributed by atoms with E-state index in [1.807, 2.05) is 43.3 Å². The molecule has 0 saturated heterocycles. The van der Waals surface area contributed by atoms with Crippen molar-refractivity contribution in [2.45, 2.75) is 19.5 Å². The highest BCUT2D eigenvalue weighted by Crippen LogP contribution is 2.12. The Morgan fingerprint density at radius 3 is 2.67 bits per heavy atom. The Bertz CT molecular complexity index is 549. The molecular formula is C16H20N2O3. The van der Waals surface area contributed by atoms with Crippen molar-refractivity contribution >= 4 is 5.91 Å². The number of methoxy groups -OCH3 is 1. The highest BCUT2D eigenvalue weighted by atomic mass is 16.5. The lowest BCUT2D eigenvalue weighted by atomic mass is 10.2. The predicted molar refractivity (Wildman–Crippen MR) is 80.0 cm³/mol. The van der Waals surface area contributed by atoms with Crippen molar-refractivity contribution in [3.63, 3.8) is 0 Å². The molecule has 1 atom stereocenters. The first-order chi connectivity index (χ1) is 10.2. The summed E-state index contributed by atoms with van der Waals surface area (Å²) < 4.78 is 10.4. The lowest BCUT2D eigenvalue weighted by Crippen LogP contribution is -2.34. The summed E-state index contributed by atoms with van der Waals surface area (Å²) in [4.78, 5) is 11.8. The molecule has 1 amide bonds. The van der Waals surface area contributed by atoms with Gasteiger partial charge in [-0.25, -0.2) is 0 Å². The van der Waals surface area contributed by atoms with Gasteiger partial charge in [-0.15, -0.1) is 0 Å². The van der Waals surface area contributed by atoms with Gasteiger partial charge in [-0.1, -0.05) is 12.1 Å². The fourth-order valence-corrected chi connectivity index (χ4v) is 1.89. The van der Waals surface area contributed by atoms with Crippen molar-refractivity contribution < 1.29 is 13.9 Å². The van der Waals surface area contributed by atoms with E-state index in [9.17, 15) is 4.79 Å². The Hall–Kier alpha value is -2.27. The summed E-state index contributed by atoms with van der Waals surface area (Å²) >= 11 is 0. The van der Waals surface area contributed by atoms with Crippen molar-refractivity contribution in [3.8, 4) is 5.75 Å². The molecule has 2 rings (SSSR count). The van der Waals surface area contributed by atoms with Crippen molar-refractivity contribution in [2.24, 2.45) is 0 Å². The van der Waals surface area contributed by atoms with Gasteiger partial charge in [0, 0.05) is 6.54 Å². The average Bonchev–Trinajstić information content (AvgIpc) is 3.05. The first-order valence-electron chi connectivity index (χ1n) is 6.85. The average molecular weight is 288 g/mol. The Morgan fingerprint density at radius 2 is 2.05 bits per heavy atom. The van der Waals surface area contributed by atoms with Gasteiger partial charge in [0.2, 0.25) is 5.91 Å². The summed E-state index contributed by atoms with van der Waals surface area (Å²) in [5.74, 6) is 1.57. The van der Waals surface area contributed by atoms with Crippen LogP contribution in [0, 0.1) is 0 Å². The minimum Gasteiger partial charge on any atom is -0.497 e. The molecule has 0 saturated carbocycles. The Morgan fingerprint density at radius 1 is 1.29 bits per heavy atom. The summed E-state index contributed by atoms with van der Waals surface area (Å²) in [7, 11) is 1.63. The predicted octanol–water partition coefficient (Wildman–Crippen LogP) is 2.26. The van der Waals surface area contributed by atoms with E-state index in [4.69, 9.17) is 9.15 Å². The lowest BCUT2D eigenvalue weighted by molar-refractivity contribution is -0.120. The molecule has 5 heteroatoms. The van der Waals surface area contributed by atoms with Gasteiger partial charge in [-0.05, 0) is 36.8 Å². The molecule has 21 heavy (non-hydrogen) atoms. The fourth-order valence-electron chi connectivity index (χ4n) is 1.89. The van der Waals surface area contributed by atoms with Crippen LogP contribution in [0.4, 0.5) is 0 Å². The van der Waals surface area contributed by atoms with E-state index >= 15 is 0 Å². The van der Waals surface area contributed by atoms with Gasteiger partial charge in [0.1, 0.15) is 11.5 Å². The van der Waals surface area contributed by atoms with E-state index in [2.05, 4.69) is 10.6 Å². The van der Waals surface area contributed by atoms with Crippen LogP contribution in [-0.4, -0.2) is 19.6 Å². The first kappa shape index (κ1) is 15.1. The smallest absolute Gasteiger partial charge is 0.234 e. The van der Waals surface area contributed by atoms with E-state index in [1.54, 1.807) is 13.4 Å². The molecule has 0 aliphatic rings. The Balaban J connectivity index is 1.71. The maximum atomic E-state index is 11.8. The number of ether oxygens (including phenoxy) is 1. The van der Waals surface area contributed by atoms with Gasteiger partial charge < -0.3 is 14.5 Å². The molecule has 0 fully saturated rings. The van der Waals surface area contributed by atoms with Crippen LogP contribution in [0.15, 0.2) is 47.1 Å². The number of carbonyl (C=O) groups is 1. The van der Waals surface area contributed by atoms with Gasteiger partial charge in [0.25, 0.3) is 0 Å². The third-order valence-electron chi connectivity index (χ3n) is 3.19. The summed E-state index contributed by atoms with van der Waals surface area (Å²) in [6.07, 6.45) is 1.62. The molecule has 0 aliphatic carbocycles. The van der Waals surface area contributed by atoms with Crippen molar-refractivity contribution in [1.29, 1.82) is 0 Å². The van der Waals surface area contributed by atoms with Crippen LogP contribution in [0.1, 0.15) is 24.3 Å². The highest BCUT2D eigenvalue weighted by molar-refractivity contribution is 5.78. The SMILES string of the molecule is COc1ccc(CNC(=O)CN[C@H](C)c2ccco2)cc1. The summed E-state index contributed by atoms with van der Waals surface area (Å²) in [5, 5.41) is 5.98. The van der Waals surface area contributed by atoms with Gasteiger partial charge in [-0.3, -0.25) is 10.1 Å². The van der Waals surface area contributed by atoms with Crippen LogP contribution in [0.5, 0.6) is 5.75 Å². The third-order valence-corrected chi connectivity index (χ3v) is 3.19. The molecule has 1 aromatic heterocycles. The van der Waals surface area contributed by atoms with Crippen LogP contribution in [0.25, 0.3) is 0 Å². The summed E-state index contributed by atoms with van der Waals surface area (Å²) in [5.41, 5.74) is 1.03. The molecular weight excluding hydrogens is 268 g/mol. The quantitative estimate of drug-likeness (QED) is 0.820. The van der Waals surface area contributed by atoms with E-state index in [-0.39, 0.29) is 18.5 Å². The van der Waals surface area contributed by atoms with Crippen molar-refractivity contribution in [3.05, 3.63) is 54.0 Å². The summed E-state index contributed by atoms with van der Waals surface area (Å²) in [6, 6.07) is 11.3. The van der Waals surface area contributed by atoms with Crippen molar-refractivity contribution in [2.75, 3.05) is 13.7 Å². The zero-order valence-electron chi connectivity index (χ0n) is 12.3. The molecule has 1 heterocycles. The number of carbonyl (C=O) groups excluding carboxylic acids is 1. The van der Waals surface area contributed by atoms with Crippen LogP contribution >= 0.6 is 0 Å². The molecule has 2 aromatic rings. The van der Waals surface area contributed by atoms with Gasteiger partial charge >= 0.3 is 0 Å². The summed E-state index contributed by atoms with van der Waals surface area (Å²) in [6.45, 7) is 2.70. The number of rotatable bonds is 7. The van der Waals surface area contributed by atoms with Gasteiger partial charge in [0.05, 0.1) is 26.0 Å². The third kappa shape index (κ3) is 4.65. The number of nitrogens with one attached hydrogen (secondary N) is 2. The number of hydrogen-bond donors (Lipinski definition) is 2. The number of benzene rings is 1. The second-order valence-electron chi connectivity index (χ2n) is 4.74. The fraction of sp³-hybridized carbons (Fsp3) is 0.312. The second-order valence-corrected chi connectivity index (χ2v) is 4.74. The number of amides is 1. The molecule has 0 aliphatic heterocycles. The molecule has 1 aromatic carbocycles. The van der Waals surface area contributed by atoms with Crippen LogP contribution in [0.3, 0.4) is 0 Å². The van der Waals surface area contributed by atoms with Crippen LogP contribution in [-0.2, 0) is 11.3 Å². The first-order valence-corrected chi connectivity index (χ1v) is 6.85. The van der Waals surface area contributed by atoms with Gasteiger partial charge in [0.15, 0.2) is 0 Å². The van der Waals surface area contributed by atoms with Gasteiger partial charge in [-0.2, -0.15) is 0 Å². The standard InChI is InChI=1S/C16H20N2O3/c1-12(15-4-3-9-21-15)17-11-16(19)18-10-13-5-7-14(20-2)8-6-13/h3-9,12,17H,10-11H2,1-2H3,(H,18,19)/t12-/m1/s1. The second kappa shape index (κ2) is 7.50. The highest BCUT2D eigenvalue weighted by Gasteiger charge is 2.09. The largest absolute Gasteiger partial charge is 0.497 e. The molecule has 0 spiro atoms. The molecule has 0 bridgehead atoms. The van der Waals surface area contributed by atoms with Crippen molar-refractivity contribution in [1.82, 2.24) is 10.6 Å². The van der Waals surface area contributed by atoms with Crippen LogP contribution in [0.2, 0.25) is 0 Å². The number of furan rings is 1. The minimum absolute atomic E-state index is 0.00624. The molecule has 2 N–H and O–H groups in total. The normalized spacial score (nSPS) is 11.9. The zero-order chi connectivity index (χ0) is 15.1. The molecule has 112 valence electrons. The van der Waals surface area contributed by atoms with E-state index < -0.39 is 0 Å². The Kier molecular flexibility index (Phi) is 5.40. The number of hydrogen-bond acceptors (Lipinski definition) is 4. The maximum Gasteiger partial charge on any atom is 0.234 e. The topological polar surface area (TPSA) is 63.5 Å². The van der Waals surface area contributed by atoms with Crippen LogP contribution < -0.4 is 15.4 Å². The van der Waals surface area contributed by atoms with E-state index in [0.717, 1.165) is 17.1 Å². The molecule has 5 nitrogen and oxygen atoms in total. The minimum atomic E-state index is -0.0516. The molecule has 0 unspecified atom stereocenters. The molecule has 0 radical (unpaired) electrons. The van der Waals surface area contributed by atoms with E-state index in [1.165, 1.54) is 0 Å². The lowest BCUT2D eigenvalue weighted by Gasteiger charge is -2.11. The Labute approximate surface area is 124 Å². The zero-order valence-corrected chi connectivity index (χ0v) is 12.3. The maximum absolute atomic E-state index is 11.8.